The first-order valence-corrected chi connectivity index (χ1v) is 5.45. The first kappa shape index (κ1) is 12.4. The fourth-order valence-corrected chi connectivity index (χ4v) is 1.72. The van der Waals surface area contributed by atoms with Gasteiger partial charge in [-0.25, -0.2) is 4.98 Å². The van der Waals surface area contributed by atoms with E-state index in [0.717, 1.165) is 19.0 Å². The molecule has 1 unspecified atom stereocenters. The van der Waals surface area contributed by atoms with Crippen LogP contribution in [-0.2, 0) is 6.18 Å². The second-order valence-electron chi connectivity index (χ2n) is 3.74. The van der Waals surface area contributed by atoms with Crippen molar-refractivity contribution >= 4 is 11.6 Å². The zero-order chi connectivity index (χ0) is 12.5. The molecular weight excluding hydrogens is 257 g/mol. The van der Waals surface area contributed by atoms with Gasteiger partial charge in [0, 0.05) is 12.7 Å². The number of alkyl halides is 3. The van der Waals surface area contributed by atoms with E-state index in [1.807, 2.05) is 0 Å². The first-order chi connectivity index (χ1) is 7.97. The third-order valence-corrected chi connectivity index (χ3v) is 2.73. The van der Waals surface area contributed by atoms with Gasteiger partial charge in [0.15, 0.2) is 10.9 Å². The zero-order valence-electron chi connectivity index (χ0n) is 8.72. The minimum absolute atomic E-state index is 0.0183. The fourth-order valence-electron chi connectivity index (χ4n) is 1.57. The number of pyridine rings is 1. The molecule has 0 bridgehead atoms. The van der Waals surface area contributed by atoms with Gasteiger partial charge >= 0.3 is 6.18 Å². The van der Waals surface area contributed by atoms with Gasteiger partial charge < -0.3 is 10.1 Å². The molecule has 1 aliphatic heterocycles. The lowest BCUT2D eigenvalue weighted by Crippen LogP contribution is -2.20. The lowest BCUT2D eigenvalue weighted by Gasteiger charge is -2.15. The summed E-state index contributed by atoms with van der Waals surface area (Å²) in [4.78, 5) is 3.49. The van der Waals surface area contributed by atoms with E-state index in [0.29, 0.717) is 12.7 Å². The SMILES string of the molecule is FC(F)(F)c1cnc(Cl)c(OC2CCNC2)c1. The van der Waals surface area contributed by atoms with Crippen molar-refractivity contribution in [3.05, 3.63) is 23.0 Å². The highest BCUT2D eigenvalue weighted by atomic mass is 35.5. The minimum atomic E-state index is -4.44. The number of ether oxygens (including phenoxy) is 1. The Bertz CT molecular complexity index is 405. The van der Waals surface area contributed by atoms with E-state index < -0.39 is 11.7 Å². The Kier molecular flexibility index (Phi) is 3.44. The number of halogens is 4. The minimum Gasteiger partial charge on any atom is -0.486 e. The highest BCUT2D eigenvalue weighted by molar-refractivity contribution is 6.30. The molecule has 0 saturated carbocycles. The topological polar surface area (TPSA) is 34.1 Å². The van der Waals surface area contributed by atoms with E-state index in [-0.39, 0.29) is 17.0 Å². The third kappa shape index (κ3) is 3.01. The highest BCUT2D eigenvalue weighted by Crippen LogP contribution is 2.34. The van der Waals surface area contributed by atoms with Crippen LogP contribution < -0.4 is 10.1 Å². The van der Waals surface area contributed by atoms with Gasteiger partial charge in [0.1, 0.15) is 6.10 Å². The largest absolute Gasteiger partial charge is 0.486 e. The van der Waals surface area contributed by atoms with E-state index in [1.54, 1.807) is 0 Å². The number of nitrogens with one attached hydrogen (secondary N) is 1. The van der Waals surface area contributed by atoms with Crippen LogP contribution in [0.4, 0.5) is 13.2 Å². The monoisotopic (exact) mass is 266 g/mol. The molecule has 1 saturated heterocycles. The quantitative estimate of drug-likeness (QED) is 0.835. The smallest absolute Gasteiger partial charge is 0.418 e. The van der Waals surface area contributed by atoms with E-state index in [4.69, 9.17) is 16.3 Å². The second kappa shape index (κ2) is 4.70. The molecule has 1 aliphatic rings. The van der Waals surface area contributed by atoms with Crippen molar-refractivity contribution in [2.75, 3.05) is 13.1 Å². The molecule has 7 heteroatoms. The van der Waals surface area contributed by atoms with Crippen molar-refractivity contribution in [1.82, 2.24) is 10.3 Å². The summed E-state index contributed by atoms with van der Waals surface area (Å²) >= 11 is 5.70. The first-order valence-electron chi connectivity index (χ1n) is 5.07. The van der Waals surface area contributed by atoms with E-state index in [9.17, 15) is 13.2 Å². The Morgan fingerprint density at radius 2 is 2.24 bits per heavy atom. The van der Waals surface area contributed by atoms with Gasteiger partial charge in [-0.15, -0.1) is 0 Å². The van der Waals surface area contributed by atoms with Gasteiger partial charge in [-0.1, -0.05) is 11.6 Å². The van der Waals surface area contributed by atoms with Crippen LogP contribution >= 0.6 is 11.6 Å². The summed E-state index contributed by atoms with van der Waals surface area (Å²) < 4.78 is 42.8. The van der Waals surface area contributed by atoms with Crippen molar-refractivity contribution in [1.29, 1.82) is 0 Å². The Hall–Kier alpha value is -1.01. The number of nitrogens with zero attached hydrogens (tertiary/aromatic N) is 1. The van der Waals surface area contributed by atoms with Crippen molar-refractivity contribution in [3.63, 3.8) is 0 Å². The van der Waals surface area contributed by atoms with Crippen LogP contribution in [0.15, 0.2) is 12.3 Å². The average molecular weight is 267 g/mol. The second-order valence-corrected chi connectivity index (χ2v) is 4.10. The highest BCUT2D eigenvalue weighted by Gasteiger charge is 2.32. The Balaban J connectivity index is 2.20. The van der Waals surface area contributed by atoms with Crippen molar-refractivity contribution < 1.29 is 17.9 Å². The molecule has 1 fully saturated rings. The van der Waals surface area contributed by atoms with Crippen LogP contribution in [0.2, 0.25) is 5.15 Å². The number of aromatic nitrogens is 1. The molecule has 0 aromatic carbocycles. The Morgan fingerprint density at radius 1 is 1.47 bits per heavy atom. The molecule has 3 nitrogen and oxygen atoms in total. The number of rotatable bonds is 2. The number of hydrogen-bond donors (Lipinski definition) is 1. The van der Waals surface area contributed by atoms with Crippen LogP contribution in [-0.4, -0.2) is 24.2 Å². The molecule has 1 atom stereocenters. The summed E-state index contributed by atoms with van der Waals surface area (Å²) in [6.07, 6.45) is -3.16. The molecule has 1 N–H and O–H groups in total. The molecular formula is C10H10ClF3N2O. The molecule has 94 valence electrons. The molecule has 0 amide bonds. The van der Waals surface area contributed by atoms with Gasteiger partial charge in [0.25, 0.3) is 0 Å². The van der Waals surface area contributed by atoms with Crippen LogP contribution in [0.25, 0.3) is 0 Å². The molecule has 0 aliphatic carbocycles. The molecule has 2 heterocycles. The van der Waals surface area contributed by atoms with Crippen LogP contribution in [0.3, 0.4) is 0 Å². The van der Waals surface area contributed by atoms with Crippen molar-refractivity contribution in [2.45, 2.75) is 18.7 Å². The molecule has 17 heavy (non-hydrogen) atoms. The zero-order valence-corrected chi connectivity index (χ0v) is 9.48. The lowest BCUT2D eigenvalue weighted by molar-refractivity contribution is -0.138. The van der Waals surface area contributed by atoms with E-state index >= 15 is 0 Å². The van der Waals surface area contributed by atoms with E-state index in [2.05, 4.69) is 10.3 Å². The van der Waals surface area contributed by atoms with Gasteiger partial charge in [0.05, 0.1) is 5.56 Å². The van der Waals surface area contributed by atoms with Gasteiger partial charge in [-0.05, 0) is 19.0 Å². The van der Waals surface area contributed by atoms with Gasteiger partial charge in [-0.2, -0.15) is 13.2 Å². The maximum Gasteiger partial charge on any atom is 0.418 e. The summed E-state index contributed by atoms with van der Waals surface area (Å²) in [7, 11) is 0. The van der Waals surface area contributed by atoms with Crippen LogP contribution in [0.1, 0.15) is 12.0 Å². The Labute approximate surface area is 101 Å². The van der Waals surface area contributed by atoms with Crippen LogP contribution in [0, 0.1) is 0 Å². The summed E-state index contributed by atoms with van der Waals surface area (Å²) in [6, 6.07) is 0.883. The maximum atomic E-state index is 12.5. The van der Waals surface area contributed by atoms with Crippen molar-refractivity contribution in [2.24, 2.45) is 0 Å². The normalized spacial score (nSPS) is 20.6. The van der Waals surface area contributed by atoms with Crippen molar-refractivity contribution in [3.8, 4) is 5.75 Å². The lowest BCUT2D eigenvalue weighted by atomic mass is 10.2. The molecule has 0 radical (unpaired) electrons. The summed E-state index contributed by atoms with van der Waals surface area (Å²) in [6.45, 7) is 1.39. The predicted octanol–water partition coefficient (Wildman–Crippen LogP) is 2.49. The summed E-state index contributed by atoms with van der Waals surface area (Å²) in [5.74, 6) is -0.0183. The fraction of sp³-hybridized carbons (Fsp3) is 0.500. The van der Waals surface area contributed by atoms with Crippen LogP contribution in [0.5, 0.6) is 5.75 Å². The predicted molar refractivity (Wildman–Crippen MR) is 56.2 cm³/mol. The van der Waals surface area contributed by atoms with Gasteiger partial charge in [-0.3, -0.25) is 0 Å². The maximum absolute atomic E-state index is 12.5. The molecule has 0 spiro atoms. The average Bonchev–Trinajstić information content (AvgIpc) is 2.72. The summed E-state index contributed by atoms with van der Waals surface area (Å²) in [5.41, 5.74) is -0.858. The third-order valence-electron chi connectivity index (χ3n) is 2.44. The van der Waals surface area contributed by atoms with Gasteiger partial charge in [0.2, 0.25) is 0 Å². The Morgan fingerprint density at radius 3 is 2.82 bits per heavy atom. The van der Waals surface area contributed by atoms with E-state index in [1.165, 1.54) is 0 Å². The summed E-state index contributed by atoms with van der Waals surface area (Å²) in [5, 5.41) is 3.00. The molecule has 1 aromatic heterocycles. The molecule has 2 rings (SSSR count). The standard InChI is InChI=1S/C10H10ClF3N2O/c11-9-8(17-7-1-2-15-5-7)3-6(4-16-9)10(12,13)14/h3-4,7,15H,1-2,5H2. The number of hydrogen-bond acceptors (Lipinski definition) is 3. The molecule has 1 aromatic rings.